The molecule has 0 unspecified atom stereocenters. The molecule has 0 aliphatic rings. The minimum absolute atomic E-state index is 0.132. The third kappa shape index (κ3) is 1.54. The molecule has 0 saturated carbocycles. The molecule has 0 aliphatic carbocycles. The van der Waals surface area contributed by atoms with Gasteiger partial charge in [-0.1, -0.05) is 38.1 Å². The van der Waals surface area contributed by atoms with Gasteiger partial charge in [-0.2, -0.15) is 0 Å². The van der Waals surface area contributed by atoms with Gasteiger partial charge in [-0.15, -0.1) is 0 Å². The highest BCUT2D eigenvalue weighted by molar-refractivity contribution is 5.80. The second-order valence-electron chi connectivity index (χ2n) is 4.30. The summed E-state index contributed by atoms with van der Waals surface area (Å²) >= 11 is 0. The number of aromatic nitrogens is 1. The van der Waals surface area contributed by atoms with Crippen molar-refractivity contribution in [2.24, 2.45) is 0 Å². The Morgan fingerprint density at radius 1 is 1.20 bits per heavy atom. The Balaban J connectivity index is 2.61. The van der Waals surface area contributed by atoms with Crippen LogP contribution < -0.4 is 0 Å². The van der Waals surface area contributed by atoms with Crippen LogP contribution in [0.1, 0.15) is 39.3 Å². The van der Waals surface area contributed by atoms with Crippen molar-refractivity contribution in [3.05, 3.63) is 30.0 Å². The van der Waals surface area contributed by atoms with E-state index < -0.39 is 0 Å². The van der Waals surface area contributed by atoms with Crippen molar-refractivity contribution >= 4 is 11.0 Å². The van der Waals surface area contributed by atoms with Crippen molar-refractivity contribution in [2.75, 3.05) is 0 Å². The minimum Gasteiger partial charge on any atom is -0.356 e. The number of para-hydroxylation sites is 1. The highest BCUT2D eigenvalue weighted by Gasteiger charge is 2.28. The van der Waals surface area contributed by atoms with Crippen LogP contribution in [-0.4, -0.2) is 5.16 Å². The molecule has 0 atom stereocenters. The van der Waals surface area contributed by atoms with E-state index >= 15 is 0 Å². The van der Waals surface area contributed by atoms with Crippen LogP contribution in [0.15, 0.2) is 28.8 Å². The van der Waals surface area contributed by atoms with Crippen LogP contribution in [0.3, 0.4) is 0 Å². The summed E-state index contributed by atoms with van der Waals surface area (Å²) in [5.74, 6) is 0. The van der Waals surface area contributed by atoms with E-state index in [1.807, 2.05) is 18.2 Å². The van der Waals surface area contributed by atoms with E-state index in [1.54, 1.807) is 0 Å². The van der Waals surface area contributed by atoms with E-state index in [0.29, 0.717) is 0 Å². The van der Waals surface area contributed by atoms with E-state index in [9.17, 15) is 0 Å². The van der Waals surface area contributed by atoms with Crippen molar-refractivity contribution < 1.29 is 4.52 Å². The minimum atomic E-state index is 0.132. The zero-order chi connectivity index (χ0) is 10.9. The molecule has 1 aromatic heterocycles. The summed E-state index contributed by atoms with van der Waals surface area (Å²) in [5.41, 5.74) is 2.12. The normalized spacial score (nSPS) is 12.2. The van der Waals surface area contributed by atoms with Crippen LogP contribution in [-0.2, 0) is 5.41 Å². The Bertz CT molecular complexity index is 454. The highest BCUT2D eigenvalue weighted by Crippen LogP contribution is 2.34. The van der Waals surface area contributed by atoms with E-state index in [4.69, 9.17) is 4.52 Å². The van der Waals surface area contributed by atoms with Crippen LogP contribution in [0.5, 0.6) is 0 Å². The molecule has 2 heteroatoms. The van der Waals surface area contributed by atoms with E-state index in [1.165, 1.54) is 0 Å². The molecule has 0 saturated heterocycles. The summed E-state index contributed by atoms with van der Waals surface area (Å²) in [7, 11) is 0. The summed E-state index contributed by atoms with van der Waals surface area (Å²) in [6.45, 7) is 6.65. The average Bonchev–Trinajstić information content (AvgIpc) is 2.72. The largest absolute Gasteiger partial charge is 0.356 e. The molecule has 0 aliphatic heterocycles. The molecule has 80 valence electrons. The highest BCUT2D eigenvalue weighted by atomic mass is 16.5. The molecule has 0 spiro atoms. The summed E-state index contributed by atoms with van der Waals surface area (Å²) in [5, 5.41) is 5.39. The first-order valence-corrected chi connectivity index (χ1v) is 5.56. The molecule has 0 bridgehead atoms. The first-order valence-electron chi connectivity index (χ1n) is 5.56. The standard InChI is InChI=1S/C13H17NO/c1-4-13(3,5-2)12-10-8-6-7-9-11(10)15-14-12/h6-9H,4-5H2,1-3H3. The van der Waals surface area contributed by atoms with Crippen LogP contribution in [0, 0.1) is 0 Å². The molecular formula is C13H17NO. The number of fused-ring (bicyclic) bond motifs is 1. The third-order valence-electron chi connectivity index (χ3n) is 3.51. The summed E-state index contributed by atoms with van der Waals surface area (Å²) in [6, 6.07) is 8.07. The lowest BCUT2D eigenvalue weighted by Crippen LogP contribution is -2.20. The second-order valence-corrected chi connectivity index (χ2v) is 4.30. The van der Waals surface area contributed by atoms with Crippen molar-refractivity contribution in [1.82, 2.24) is 5.16 Å². The number of nitrogens with zero attached hydrogens (tertiary/aromatic N) is 1. The summed E-state index contributed by atoms with van der Waals surface area (Å²) in [4.78, 5) is 0. The molecule has 2 nitrogen and oxygen atoms in total. The van der Waals surface area contributed by atoms with Gasteiger partial charge in [0.15, 0.2) is 5.58 Å². The van der Waals surface area contributed by atoms with E-state index in [2.05, 4.69) is 32.0 Å². The zero-order valence-corrected chi connectivity index (χ0v) is 9.58. The lowest BCUT2D eigenvalue weighted by atomic mass is 9.80. The number of rotatable bonds is 3. The molecular weight excluding hydrogens is 186 g/mol. The molecule has 0 radical (unpaired) electrons. The van der Waals surface area contributed by atoms with Gasteiger partial charge < -0.3 is 4.52 Å². The van der Waals surface area contributed by atoms with Crippen LogP contribution in [0.4, 0.5) is 0 Å². The molecule has 2 rings (SSSR count). The maximum absolute atomic E-state index is 5.35. The Morgan fingerprint density at radius 3 is 2.53 bits per heavy atom. The fourth-order valence-electron chi connectivity index (χ4n) is 1.91. The van der Waals surface area contributed by atoms with Crippen molar-refractivity contribution in [3.8, 4) is 0 Å². The Labute approximate surface area is 90.3 Å². The third-order valence-corrected chi connectivity index (χ3v) is 3.51. The van der Waals surface area contributed by atoms with E-state index in [-0.39, 0.29) is 5.41 Å². The monoisotopic (exact) mass is 203 g/mol. The molecule has 15 heavy (non-hydrogen) atoms. The number of hydrogen-bond donors (Lipinski definition) is 0. The quantitative estimate of drug-likeness (QED) is 0.756. The van der Waals surface area contributed by atoms with Crippen LogP contribution in [0.25, 0.3) is 11.0 Å². The van der Waals surface area contributed by atoms with Gasteiger partial charge in [0.05, 0.1) is 5.69 Å². The van der Waals surface area contributed by atoms with Crippen LogP contribution >= 0.6 is 0 Å². The van der Waals surface area contributed by atoms with Gasteiger partial charge >= 0.3 is 0 Å². The average molecular weight is 203 g/mol. The van der Waals surface area contributed by atoms with Crippen molar-refractivity contribution in [3.63, 3.8) is 0 Å². The van der Waals surface area contributed by atoms with Crippen LogP contribution in [0.2, 0.25) is 0 Å². The Hall–Kier alpha value is -1.31. The lowest BCUT2D eigenvalue weighted by molar-refractivity contribution is 0.375. The van der Waals surface area contributed by atoms with Gasteiger partial charge in [-0.05, 0) is 25.0 Å². The van der Waals surface area contributed by atoms with Gasteiger partial charge in [-0.25, -0.2) is 0 Å². The van der Waals surface area contributed by atoms with Gasteiger partial charge in [-0.3, -0.25) is 0 Å². The predicted octanol–water partition coefficient (Wildman–Crippen LogP) is 3.91. The molecule has 0 amide bonds. The fourth-order valence-corrected chi connectivity index (χ4v) is 1.91. The van der Waals surface area contributed by atoms with Gasteiger partial charge in [0.25, 0.3) is 0 Å². The molecule has 2 aromatic rings. The maximum Gasteiger partial charge on any atom is 0.167 e. The first kappa shape index (κ1) is 10.2. The maximum atomic E-state index is 5.35. The molecule has 0 N–H and O–H groups in total. The summed E-state index contributed by atoms with van der Waals surface area (Å²) in [6.07, 6.45) is 2.17. The predicted molar refractivity (Wildman–Crippen MR) is 61.9 cm³/mol. The first-order chi connectivity index (χ1) is 7.21. The SMILES string of the molecule is CCC(C)(CC)c1noc2ccccc12. The van der Waals surface area contributed by atoms with Crippen molar-refractivity contribution in [1.29, 1.82) is 0 Å². The lowest BCUT2D eigenvalue weighted by Gasteiger charge is -2.23. The second kappa shape index (κ2) is 3.69. The summed E-state index contributed by atoms with van der Waals surface area (Å²) < 4.78 is 5.35. The van der Waals surface area contributed by atoms with Gasteiger partial charge in [0.2, 0.25) is 0 Å². The van der Waals surface area contributed by atoms with Gasteiger partial charge in [0.1, 0.15) is 0 Å². The van der Waals surface area contributed by atoms with Crippen molar-refractivity contribution in [2.45, 2.75) is 39.0 Å². The number of hydrogen-bond acceptors (Lipinski definition) is 2. The van der Waals surface area contributed by atoms with E-state index in [0.717, 1.165) is 29.5 Å². The molecule has 1 heterocycles. The Morgan fingerprint density at radius 2 is 1.87 bits per heavy atom. The Kier molecular flexibility index (Phi) is 2.51. The fraction of sp³-hybridized carbons (Fsp3) is 0.462. The zero-order valence-electron chi connectivity index (χ0n) is 9.58. The molecule has 0 fully saturated rings. The number of benzene rings is 1. The van der Waals surface area contributed by atoms with Gasteiger partial charge in [0, 0.05) is 10.8 Å². The molecule has 1 aromatic carbocycles. The smallest absolute Gasteiger partial charge is 0.167 e. The topological polar surface area (TPSA) is 26.0 Å².